The molecule has 5 rings (SSSR count). The van der Waals surface area contributed by atoms with E-state index in [-0.39, 0.29) is 5.75 Å². The number of benzene rings is 1. The molecule has 1 fully saturated rings. The highest BCUT2D eigenvalue weighted by molar-refractivity contribution is 5.74. The number of nitrogens with zero attached hydrogens (tertiary/aromatic N) is 8. The van der Waals surface area contributed by atoms with E-state index >= 15 is 0 Å². The van der Waals surface area contributed by atoms with E-state index in [1.54, 1.807) is 43.1 Å². The van der Waals surface area contributed by atoms with Crippen LogP contribution in [0, 0.1) is 12.8 Å². The van der Waals surface area contributed by atoms with Gasteiger partial charge < -0.3 is 20.1 Å². The first-order chi connectivity index (χ1) is 16.4. The molecular weight excluding hydrogens is 434 g/mol. The number of hydrogen-bond acceptors (Lipinski definition) is 10. The minimum Gasteiger partial charge on any atom is -0.507 e. The van der Waals surface area contributed by atoms with Crippen LogP contribution in [-0.4, -0.2) is 72.7 Å². The first-order valence-electron chi connectivity index (χ1n) is 11.2. The van der Waals surface area contributed by atoms with E-state index in [1.807, 2.05) is 6.07 Å². The lowest BCUT2D eigenvalue weighted by atomic mass is 10.0. The summed E-state index contributed by atoms with van der Waals surface area (Å²) >= 11 is 0. The van der Waals surface area contributed by atoms with Crippen LogP contribution in [0.1, 0.15) is 19.7 Å². The maximum Gasteiger partial charge on any atom is 0.245 e. The monoisotopic (exact) mass is 461 g/mol. The van der Waals surface area contributed by atoms with Crippen LogP contribution >= 0.6 is 0 Å². The number of nitrogens with one attached hydrogen (secondary N) is 1. The first-order valence-corrected chi connectivity index (χ1v) is 11.2. The molecule has 1 atom stereocenters. The fraction of sp³-hybridized carbons (Fsp3) is 0.391. The van der Waals surface area contributed by atoms with E-state index < -0.39 is 0 Å². The summed E-state index contributed by atoms with van der Waals surface area (Å²) in [5.74, 6) is 2.21. The Balaban J connectivity index is 1.42. The summed E-state index contributed by atoms with van der Waals surface area (Å²) in [6.45, 7) is 8.75. The molecule has 34 heavy (non-hydrogen) atoms. The summed E-state index contributed by atoms with van der Waals surface area (Å²) < 4.78 is 7.14. The van der Waals surface area contributed by atoms with Gasteiger partial charge in [-0.3, -0.25) is 0 Å². The first kappa shape index (κ1) is 22.0. The molecule has 4 heterocycles. The summed E-state index contributed by atoms with van der Waals surface area (Å²) in [7, 11) is 1.55. The third-order valence-electron chi connectivity index (χ3n) is 6.03. The number of ether oxygens (including phenoxy) is 1. The van der Waals surface area contributed by atoms with Crippen LogP contribution < -0.4 is 15.0 Å². The van der Waals surface area contributed by atoms with Crippen molar-refractivity contribution in [2.24, 2.45) is 5.92 Å². The molecule has 1 aliphatic heterocycles. The Kier molecular flexibility index (Phi) is 5.70. The van der Waals surface area contributed by atoms with Crippen molar-refractivity contribution in [3.05, 3.63) is 36.4 Å². The van der Waals surface area contributed by atoms with Crippen LogP contribution in [-0.2, 0) is 0 Å². The number of aromatic nitrogens is 7. The highest BCUT2D eigenvalue weighted by Gasteiger charge is 2.24. The topological polar surface area (TPSA) is 126 Å². The van der Waals surface area contributed by atoms with Gasteiger partial charge in [-0.15, -0.1) is 15.3 Å². The predicted octanol–water partition coefficient (Wildman–Crippen LogP) is 2.10. The number of anilines is 1. The van der Waals surface area contributed by atoms with Crippen molar-refractivity contribution < 1.29 is 9.84 Å². The minimum atomic E-state index is 0.0436. The van der Waals surface area contributed by atoms with Crippen molar-refractivity contribution in [3.8, 4) is 34.1 Å². The lowest BCUT2D eigenvalue weighted by Gasteiger charge is -2.35. The number of rotatable bonds is 5. The minimum absolute atomic E-state index is 0.0436. The largest absolute Gasteiger partial charge is 0.507 e. The van der Waals surface area contributed by atoms with Crippen molar-refractivity contribution in [2.45, 2.75) is 26.8 Å². The van der Waals surface area contributed by atoms with E-state index in [9.17, 15) is 5.11 Å². The van der Waals surface area contributed by atoms with Gasteiger partial charge in [0.05, 0.1) is 19.5 Å². The molecule has 0 amide bonds. The average Bonchev–Trinajstić information content (AvgIpc) is 3.24. The predicted molar refractivity (Wildman–Crippen MR) is 127 cm³/mol. The Morgan fingerprint density at radius 2 is 2.03 bits per heavy atom. The third kappa shape index (κ3) is 3.98. The molecule has 0 saturated carbocycles. The number of methoxy groups -OCH3 is 1. The summed E-state index contributed by atoms with van der Waals surface area (Å²) in [5, 5.41) is 27.3. The Hall–Kier alpha value is -3.86. The van der Waals surface area contributed by atoms with Crippen molar-refractivity contribution >= 4 is 11.6 Å². The van der Waals surface area contributed by atoms with Crippen LogP contribution in [0.3, 0.4) is 0 Å². The molecule has 1 aromatic carbocycles. The third-order valence-corrected chi connectivity index (χ3v) is 6.03. The standard InChI is InChI=1S/C23H27N9O2/c1-13(2)18-12-31(8-7-24-18)23-26-10-17(28-29-23)16-6-5-15(9-19(16)33)21-22(34-4)32-20(11-25-21)27-14(3)30-32/h5-6,9-11,13,18,24,33H,7-8,12H2,1-4H3. The zero-order valence-electron chi connectivity index (χ0n) is 19.6. The molecule has 176 valence electrons. The summed E-state index contributed by atoms with van der Waals surface area (Å²) in [4.78, 5) is 15.4. The molecule has 1 saturated heterocycles. The smallest absolute Gasteiger partial charge is 0.245 e. The van der Waals surface area contributed by atoms with Crippen molar-refractivity contribution in [1.29, 1.82) is 0 Å². The maximum atomic E-state index is 10.8. The van der Waals surface area contributed by atoms with Crippen LogP contribution in [0.4, 0.5) is 5.95 Å². The maximum absolute atomic E-state index is 10.8. The van der Waals surface area contributed by atoms with Crippen LogP contribution in [0.25, 0.3) is 28.2 Å². The number of phenolic OH excluding ortho intramolecular Hbond substituents is 1. The number of fused-ring (bicyclic) bond motifs is 1. The van der Waals surface area contributed by atoms with E-state index in [0.717, 1.165) is 19.6 Å². The van der Waals surface area contributed by atoms with Crippen molar-refractivity contribution in [3.63, 3.8) is 0 Å². The normalized spacial score (nSPS) is 16.4. The highest BCUT2D eigenvalue weighted by Crippen LogP contribution is 2.35. The van der Waals surface area contributed by atoms with E-state index in [4.69, 9.17) is 4.74 Å². The second-order valence-electron chi connectivity index (χ2n) is 8.67. The molecule has 0 spiro atoms. The molecule has 1 aliphatic rings. The number of hydrogen-bond donors (Lipinski definition) is 2. The molecule has 0 bridgehead atoms. The van der Waals surface area contributed by atoms with Gasteiger partial charge in [-0.25, -0.2) is 15.0 Å². The van der Waals surface area contributed by atoms with Gasteiger partial charge in [-0.05, 0) is 25.0 Å². The lowest BCUT2D eigenvalue weighted by molar-refractivity contribution is 0.365. The molecule has 1 unspecified atom stereocenters. The summed E-state index contributed by atoms with van der Waals surface area (Å²) in [5.41, 5.74) is 2.83. The molecule has 0 aliphatic carbocycles. The molecule has 3 aromatic heterocycles. The Morgan fingerprint density at radius 1 is 1.18 bits per heavy atom. The fourth-order valence-electron chi connectivity index (χ4n) is 4.16. The Morgan fingerprint density at radius 3 is 2.74 bits per heavy atom. The van der Waals surface area contributed by atoms with Crippen molar-refractivity contribution in [2.75, 3.05) is 31.6 Å². The van der Waals surface area contributed by atoms with Gasteiger partial charge in [0.2, 0.25) is 11.8 Å². The molecule has 4 aromatic rings. The van der Waals surface area contributed by atoms with Gasteiger partial charge in [0.15, 0.2) is 5.65 Å². The average molecular weight is 462 g/mol. The van der Waals surface area contributed by atoms with Gasteiger partial charge in [-0.2, -0.15) is 4.52 Å². The zero-order chi connectivity index (χ0) is 23.8. The number of aryl methyl sites for hydroxylation is 1. The molecular formula is C23H27N9O2. The van der Waals surface area contributed by atoms with E-state index in [0.29, 0.717) is 57.8 Å². The lowest BCUT2D eigenvalue weighted by Crippen LogP contribution is -2.53. The zero-order valence-corrected chi connectivity index (χ0v) is 19.6. The van der Waals surface area contributed by atoms with Crippen LogP contribution in [0.15, 0.2) is 30.6 Å². The van der Waals surface area contributed by atoms with Gasteiger partial charge >= 0.3 is 0 Å². The van der Waals surface area contributed by atoms with Crippen molar-refractivity contribution in [1.82, 2.24) is 40.1 Å². The Labute approximate surface area is 196 Å². The van der Waals surface area contributed by atoms with Gasteiger partial charge in [0, 0.05) is 36.8 Å². The molecule has 11 nitrogen and oxygen atoms in total. The van der Waals surface area contributed by atoms with Crippen LogP contribution in [0.2, 0.25) is 0 Å². The van der Waals surface area contributed by atoms with E-state index in [1.165, 1.54) is 0 Å². The number of aromatic hydroxyl groups is 1. The molecule has 11 heteroatoms. The van der Waals surface area contributed by atoms with Gasteiger partial charge in [-0.1, -0.05) is 19.9 Å². The SMILES string of the molecule is COc1c(-c2ccc(-c3cnc(N4CCNC(C(C)C)C4)nn3)c(O)c2)ncc2nc(C)nn12. The number of piperazine rings is 1. The molecule has 0 radical (unpaired) electrons. The summed E-state index contributed by atoms with van der Waals surface area (Å²) in [6, 6.07) is 5.62. The number of phenols is 1. The second-order valence-corrected chi connectivity index (χ2v) is 8.67. The Bertz CT molecular complexity index is 1320. The van der Waals surface area contributed by atoms with Gasteiger partial charge in [0.1, 0.15) is 23.0 Å². The summed E-state index contributed by atoms with van der Waals surface area (Å²) in [6.07, 6.45) is 3.27. The quantitative estimate of drug-likeness (QED) is 0.456. The van der Waals surface area contributed by atoms with Crippen LogP contribution in [0.5, 0.6) is 11.6 Å². The van der Waals surface area contributed by atoms with Gasteiger partial charge in [0.25, 0.3) is 0 Å². The second kappa shape index (κ2) is 8.82. The highest BCUT2D eigenvalue weighted by atomic mass is 16.5. The fourth-order valence-corrected chi connectivity index (χ4v) is 4.16. The molecule has 2 N–H and O–H groups in total. The van der Waals surface area contributed by atoms with E-state index in [2.05, 4.69) is 54.3 Å².